The first-order valence-electron chi connectivity index (χ1n) is 24.8. The smallest absolute Gasteiger partial charge is 0.0541 e. The first-order chi connectivity index (χ1) is 32.6. The number of aromatic nitrogens is 4. The summed E-state index contributed by atoms with van der Waals surface area (Å²) >= 11 is 0. The molecule has 4 heterocycles. The fourth-order valence-electron chi connectivity index (χ4n) is 10.2. The van der Waals surface area contributed by atoms with E-state index in [0.29, 0.717) is 0 Å². The lowest BCUT2D eigenvalue weighted by atomic mass is 9.92. The summed E-state index contributed by atoms with van der Waals surface area (Å²) in [5.41, 5.74) is 19.7. The zero-order valence-electron chi connectivity index (χ0n) is 39.3. The van der Waals surface area contributed by atoms with E-state index < -0.39 is 0 Å². The summed E-state index contributed by atoms with van der Waals surface area (Å²) in [5, 5.41) is 5.38. The van der Waals surface area contributed by atoms with Crippen LogP contribution in [0.2, 0.25) is 0 Å². The summed E-state index contributed by atoms with van der Waals surface area (Å²) in [4.78, 5) is 9.35. The Morgan fingerprint density at radius 2 is 0.636 bits per heavy atom. The molecule has 10 aromatic rings. The number of hydrogen-bond acceptors (Lipinski definition) is 2. The summed E-state index contributed by atoms with van der Waals surface area (Å²) in [6.07, 6.45) is 21.9. The minimum atomic E-state index is 1.06. The zero-order chi connectivity index (χ0) is 45.0. The largest absolute Gasteiger partial charge is 0.309 e. The molecule has 0 bridgehead atoms. The highest BCUT2D eigenvalue weighted by Gasteiger charge is 2.18. The molecule has 0 fully saturated rings. The Labute approximate surface area is 391 Å². The van der Waals surface area contributed by atoms with Crippen LogP contribution < -0.4 is 0 Å². The molecular formula is C62H62N4. The molecule has 10 rings (SSSR count). The Hall–Kier alpha value is -6.78. The Balaban J connectivity index is 0.998. The molecule has 0 amide bonds. The maximum absolute atomic E-state index is 4.68. The van der Waals surface area contributed by atoms with Gasteiger partial charge in [0.2, 0.25) is 0 Å². The highest BCUT2D eigenvalue weighted by atomic mass is 15.0. The van der Waals surface area contributed by atoms with Gasteiger partial charge in [-0.15, -0.1) is 0 Å². The van der Waals surface area contributed by atoms with Crippen LogP contribution in [0.25, 0.3) is 88.4 Å². The third kappa shape index (κ3) is 8.34. The van der Waals surface area contributed by atoms with Crippen molar-refractivity contribution in [2.75, 3.05) is 0 Å². The molecule has 0 aliphatic carbocycles. The Kier molecular flexibility index (Phi) is 12.7. The van der Waals surface area contributed by atoms with Crippen LogP contribution in [0.3, 0.4) is 0 Å². The van der Waals surface area contributed by atoms with Crippen molar-refractivity contribution >= 4 is 43.6 Å². The number of aryl methyl sites for hydroxylation is 4. The van der Waals surface area contributed by atoms with E-state index in [-0.39, 0.29) is 0 Å². The van der Waals surface area contributed by atoms with Crippen molar-refractivity contribution in [2.24, 2.45) is 0 Å². The SMILES string of the molecule is CCCCc1ccc2c(c1)c1cc(CCCC)ccc1n2-c1ccc(-c2ccncc2-c2cnccc2-c2ccc(-n3c4ccc(CCCC)cc4c4cc(CCCC)ccc43)cc2)cc1. The van der Waals surface area contributed by atoms with E-state index in [1.807, 2.05) is 24.8 Å². The van der Waals surface area contributed by atoms with Crippen LogP contribution >= 0.6 is 0 Å². The van der Waals surface area contributed by atoms with E-state index >= 15 is 0 Å². The van der Waals surface area contributed by atoms with Gasteiger partial charge < -0.3 is 9.13 Å². The highest BCUT2D eigenvalue weighted by molar-refractivity contribution is 6.11. The first-order valence-corrected chi connectivity index (χ1v) is 24.8. The van der Waals surface area contributed by atoms with Gasteiger partial charge in [-0.2, -0.15) is 0 Å². The van der Waals surface area contributed by atoms with Crippen molar-refractivity contribution in [1.29, 1.82) is 0 Å². The Bertz CT molecular complexity index is 2940. The van der Waals surface area contributed by atoms with Crippen LogP contribution in [0.4, 0.5) is 0 Å². The molecule has 330 valence electrons. The summed E-state index contributed by atoms with van der Waals surface area (Å²) < 4.78 is 4.90. The Morgan fingerprint density at radius 3 is 0.924 bits per heavy atom. The van der Waals surface area contributed by atoms with Gasteiger partial charge in [-0.25, -0.2) is 0 Å². The second-order valence-electron chi connectivity index (χ2n) is 18.4. The van der Waals surface area contributed by atoms with E-state index in [1.54, 1.807) is 0 Å². The molecule has 0 aliphatic heterocycles. The quantitative estimate of drug-likeness (QED) is 0.0914. The minimum Gasteiger partial charge on any atom is -0.309 e. The van der Waals surface area contributed by atoms with Gasteiger partial charge >= 0.3 is 0 Å². The van der Waals surface area contributed by atoms with Gasteiger partial charge in [0, 0.05) is 68.8 Å². The van der Waals surface area contributed by atoms with Crippen molar-refractivity contribution in [2.45, 2.75) is 105 Å². The van der Waals surface area contributed by atoms with E-state index in [4.69, 9.17) is 0 Å². The molecule has 0 spiro atoms. The molecule has 4 nitrogen and oxygen atoms in total. The maximum atomic E-state index is 4.68. The van der Waals surface area contributed by atoms with Gasteiger partial charge in [-0.1, -0.05) is 102 Å². The summed E-state index contributed by atoms with van der Waals surface area (Å²) in [5.74, 6) is 0. The molecule has 0 aliphatic rings. The summed E-state index contributed by atoms with van der Waals surface area (Å²) in [7, 11) is 0. The van der Waals surface area contributed by atoms with Crippen molar-refractivity contribution < 1.29 is 0 Å². The number of hydrogen-bond donors (Lipinski definition) is 0. The van der Waals surface area contributed by atoms with Crippen LogP contribution in [0.15, 0.2) is 158 Å². The van der Waals surface area contributed by atoms with Crippen LogP contribution in [-0.2, 0) is 25.7 Å². The minimum absolute atomic E-state index is 1.06. The number of nitrogens with zero attached hydrogens (tertiary/aromatic N) is 4. The number of benzene rings is 6. The normalized spacial score (nSPS) is 11.8. The lowest BCUT2D eigenvalue weighted by Gasteiger charge is -2.15. The molecule has 4 aromatic heterocycles. The number of unbranched alkanes of at least 4 members (excludes halogenated alkanes) is 4. The highest BCUT2D eigenvalue weighted by Crippen LogP contribution is 2.40. The second-order valence-corrected chi connectivity index (χ2v) is 18.4. The van der Waals surface area contributed by atoms with Crippen LogP contribution in [0.1, 0.15) is 101 Å². The molecule has 0 unspecified atom stereocenters. The van der Waals surface area contributed by atoms with E-state index in [1.165, 1.54) is 117 Å². The lowest BCUT2D eigenvalue weighted by Crippen LogP contribution is -1.96. The first kappa shape index (κ1) is 43.1. The standard InChI is InChI=1S/C62H62N4/c1-5-9-13-43-17-29-59-53(37-43)54-38-44(14-10-6-2)18-30-60(54)65(59)49-25-21-47(22-26-49)51-33-35-63-41-57(51)58-42-64-36-34-52(58)48-23-27-50(28-24-48)66-61-31-19-45(15-11-7-3)39-55(61)56-40-46(16-12-8-4)20-32-62(56)66/h17-42H,5-16H2,1-4H3. The van der Waals surface area contributed by atoms with E-state index in [2.05, 4.69) is 180 Å². The zero-order valence-corrected chi connectivity index (χ0v) is 39.3. The Morgan fingerprint density at radius 1 is 0.333 bits per heavy atom. The summed E-state index contributed by atoms with van der Waals surface area (Å²) in [6, 6.07) is 51.0. The number of rotatable bonds is 17. The van der Waals surface area contributed by atoms with Gasteiger partial charge in [-0.3, -0.25) is 9.97 Å². The number of pyridine rings is 2. The number of fused-ring (bicyclic) bond motifs is 6. The molecule has 66 heavy (non-hydrogen) atoms. The molecule has 0 atom stereocenters. The average Bonchev–Trinajstić information content (AvgIpc) is 3.87. The van der Waals surface area contributed by atoms with E-state index in [0.717, 1.165) is 70.4 Å². The average molecular weight is 863 g/mol. The summed E-state index contributed by atoms with van der Waals surface area (Å²) in [6.45, 7) is 9.10. The van der Waals surface area contributed by atoms with Gasteiger partial charge in [-0.05, 0) is 181 Å². The van der Waals surface area contributed by atoms with Crippen molar-refractivity contribution in [1.82, 2.24) is 19.1 Å². The third-order valence-corrected chi connectivity index (χ3v) is 13.9. The van der Waals surface area contributed by atoms with Crippen LogP contribution in [-0.4, -0.2) is 19.1 Å². The molecule has 0 saturated carbocycles. The van der Waals surface area contributed by atoms with Gasteiger partial charge in [0.05, 0.1) is 22.1 Å². The van der Waals surface area contributed by atoms with E-state index in [9.17, 15) is 0 Å². The monoisotopic (exact) mass is 862 g/mol. The molecule has 6 aromatic carbocycles. The predicted molar refractivity (Wildman–Crippen MR) is 281 cm³/mol. The van der Waals surface area contributed by atoms with Crippen molar-refractivity contribution in [3.05, 3.63) is 181 Å². The molecule has 0 saturated heterocycles. The maximum Gasteiger partial charge on any atom is 0.0541 e. The lowest BCUT2D eigenvalue weighted by molar-refractivity contribution is 0.795. The fraction of sp³-hybridized carbons (Fsp3) is 0.258. The van der Waals surface area contributed by atoms with Gasteiger partial charge in [0.1, 0.15) is 0 Å². The molecule has 0 N–H and O–H groups in total. The van der Waals surface area contributed by atoms with Crippen LogP contribution in [0, 0.1) is 0 Å². The third-order valence-electron chi connectivity index (χ3n) is 13.9. The molecule has 4 heteroatoms. The van der Waals surface area contributed by atoms with Crippen molar-refractivity contribution in [3.8, 4) is 44.8 Å². The van der Waals surface area contributed by atoms with Gasteiger partial charge in [0.25, 0.3) is 0 Å². The topological polar surface area (TPSA) is 35.6 Å². The fourth-order valence-corrected chi connectivity index (χ4v) is 10.2. The molecular weight excluding hydrogens is 801 g/mol. The van der Waals surface area contributed by atoms with Crippen molar-refractivity contribution in [3.63, 3.8) is 0 Å². The van der Waals surface area contributed by atoms with Gasteiger partial charge in [0.15, 0.2) is 0 Å². The predicted octanol–water partition coefficient (Wildman–Crippen LogP) is 17.0. The van der Waals surface area contributed by atoms with Crippen LogP contribution in [0.5, 0.6) is 0 Å². The molecule has 0 radical (unpaired) electrons. The second kappa shape index (κ2) is 19.4.